The molecule has 1 unspecified atom stereocenters. The molecule has 0 bridgehead atoms. The first kappa shape index (κ1) is 16.8. The molecule has 1 aromatic carbocycles. The van der Waals surface area contributed by atoms with Crippen LogP contribution in [0.5, 0.6) is 0 Å². The number of halogens is 1. The van der Waals surface area contributed by atoms with Crippen molar-refractivity contribution in [3.05, 3.63) is 34.9 Å². The smallest absolute Gasteiger partial charge is 0.251 e. The van der Waals surface area contributed by atoms with Gasteiger partial charge in [0.15, 0.2) is 0 Å². The molecule has 6 heteroatoms. The standard InChI is InChI=1S/C16H21ClN2O3/c1-11(2)14(16(21)19-7-9-22-10-8-19)18-15(20)12-3-5-13(17)6-4-12/h3-6,11,14H,7-10H2,1-2H3,(H,18,20). The topological polar surface area (TPSA) is 58.6 Å². The first-order valence-electron chi connectivity index (χ1n) is 7.42. The quantitative estimate of drug-likeness (QED) is 0.921. The number of hydrogen-bond donors (Lipinski definition) is 1. The molecule has 1 aliphatic heterocycles. The minimum absolute atomic E-state index is 0.00611. The number of benzene rings is 1. The van der Waals surface area contributed by atoms with Gasteiger partial charge in [0.2, 0.25) is 5.91 Å². The lowest BCUT2D eigenvalue weighted by molar-refractivity contribution is -0.138. The van der Waals surface area contributed by atoms with Gasteiger partial charge in [0.1, 0.15) is 6.04 Å². The molecule has 0 aliphatic carbocycles. The third kappa shape index (κ3) is 4.21. The van der Waals surface area contributed by atoms with Crippen LogP contribution in [0, 0.1) is 5.92 Å². The van der Waals surface area contributed by atoms with Crippen LogP contribution in [0.2, 0.25) is 5.02 Å². The lowest BCUT2D eigenvalue weighted by Crippen LogP contribution is -2.53. The zero-order valence-corrected chi connectivity index (χ0v) is 13.6. The molecule has 0 radical (unpaired) electrons. The number of carbonyl (C=O) groups is 2. The first-order valence-corrected chi connectivity index (χ1v) is 7.80. The van der Waals surface area contributed by atoms with Crippen LogP contribution in [0.4, 0.5) is 0 Å². The SMILES string of the molecule is CC(C)C(NC(=O)c1ccc(Cl)cc1)C(=O)N1CCOCC1. The molecule has 1 heterocycles. The van der Waals surface area contributed by atoms with Crippen molar-refractivity contribution in [2.24, 2.45) is 5.92 Å². The highest BCUT2D eigenvalue weighted by Crippen LogP contribution is 2.12. The van der Waals surface area contributed by atoms with Crippen LogP contribution in [0.25, 0.3) is 0 Å². The van der Waals surface area contributed by atoms with Crippen LogP contribution in [-0.4, -0.2) is 49.1 Å². The average Bonchev–Trinajstić information content (AvgIpc) is 2.53. The molecule has 1 saturated heterocycles. The third-order valence-electron chi connectivity index (χ3n) is 3.65. The largest absolute Gasteiger partial charge is 0.378 e. The molecule has 0 saturated carbocycles. The Balaban J connectivity index is 2.06. The van der Waals surface area contributed by atoms with E-state index in [2.05, 4.69) is 5.32 Å². The number of amides is 2. The van der Waals surface area contributed by atoms with Crippen molar-refractivity contribution in [3.8, 4) is 0 Å². The first-order chi connectivity index (χ1) is 10.5. The maximum Gasteiger partial charge on any atom is 0.251 e. The summed E-state index contributed by atoms with van der Waals surface area (Å²) in [7, 11) is 0. The van der Waals surface area contributed by atoms with Crippen molar-refractivity contribution in [1.29, 1.82) is 0 Å². The zero-order chi connectivity index (χ0) is 16.1. The number of carbonyl (C=O) groups excluding carboxylic acids is 2. The van der Waals surface area contributed by atoms with Crippen molar-refractivity contribution in [2.45, 2.75) is 19.9 Å². The van der Waals surface area contributed by atoms with Crippen LogP contribution < -0.4 is 5.32 Å². The van der Waals surface area contributed by atoms with E-state index in [0.717, 1.165) is 0 Å². The van der Waals surface area contributed by atoms with Crippen LogP contribution in [0.3, 0.4) is 0 Å². The Hall–Kier alpha value is -1.59. The van der Waals surface area contributed by atoms with Crippen molar-refractivity contribution < 1.29 is 14.3 Å². The average molecular weight is 325 g/mol. The van der Waals surface area contributed by atoms with Gasteiger partial charge in [-0.2, -0.15) is 0 Å². The maximum absolute atomic E-state index is 12.6. The fraction of sp³-hybridized carbons (Fsp3) is 0.500. The highest BCUT2D eigenvalue weighted by Gasteiger charge is 2.29. The Bertz CT molecular complexity index is 525. The lowest BCUT2D eigenvalue weighted by atomic mass is 10.0. The third-order valence-corrected chi connectivity index (χ3v) is 3.90. The highest BCUT2D eigenvalue weighted by atomic mass is 35.5. The summed E-state index contributed by atoms with van der Waals surface area (Å²) >= 11 is 5.82. The molecule has 2 rings (SSSR count). The molecular formula is C16H21ClN2O3. The fourth-order valence-electron chi connectivity index (χ4n) is 2.32. The molecule has 1 N–H and O–H groups in total. The van der Waals surface area contributed by atoms with Crippen molar-refractivity contribution in [3.63, 3.8) is 0 Å². The van der Waals surface area contributed by atoms with Gasteiger partial charge in [-0.15, -0.1) is 0 Å². The van der Waals surface area contributed by atoms with Crippen molar-refractivity contribution >= 4 is 23.4 Å². The van der Waals surface area contributed by atoms with Gasteiger partial charge in [0, 0.05) is 23.7 Å². The summed E-state index contributed by atoms with van der Waals surface area (Å²) in [4.78, 5) is 26.6. The Morgan fingerprint density at radius 3 is 2.32 bits per heavy atom. The fourth-order valence-corrected chi connectivity index (χ4v) is 2.45. The van der Waals surface area contributed by atoms with Gasteiger partial charge in [-0.05, 0) is 30.2 Å². The number of nitrogens with one attached hydrogen (secondary N) is 1. The number of nitrogens with zero attached hydrogens (tertiary/aromatic N) is 1. The monoisotopic (exact) mass is 324 g/mol. The normalized spacial score (nSPS) is 16.5. The summed E-state index contributed by atoms with van der Waals surface area (Å²) in [6.07, 6.45) is 0. The molecular weight excluding hydrogens is 304 g/mol. The van der Waals surface area contributed by atoms with Crippen molar-refractivity contribution in [1.82, 2.24) is 10.2 Å². The Labute approximate surface area is 135 Å². The Morgan fingerprint density at radius 2 is 1.77 bits per heavy atom. The van der Waals surface area contributed by atoms with Gasteiger partial charge in [-0.1, -0.05) is 25.4 Å². The second-order valence-corrected chi connectivity index (χ2v) is 6.08. The molecule has 0 spiro atoms. The van der Waals surface area contributed by atoms with E-state index in [4.69, 9.17) is 16.3 Å². The van der Waals surface area contributed by atoms with E-state index in [0.29, 0.717) is 36.9 Å². The van der Waals surface area contributed by atoms with Gasteiger partial charge in [-0.25, -0.2) is 0 Å². The number of morpholine rings is 1. The Kier molecular flexibility index (Phi) is 5.80. The van der Waals surface area contributed by atoms with E-state index >= 15 is 0 Å². The van der Waals surface area contributed by atoms with E-state index in [9.17, 15) is 9.59 Å². The molecule has 0 aromatic heterocycles. The second-order valence-electron chi connectivity index (χ2n) is 5.64. The number of rotatable bonds is 4. The van der Waals surface area contributed by atoms with Gasteiger partial charge < -0.3 is 15.0 Å². The molecule has 1 aliphatic rings. The van der Waals surface area contributed by atoms with Crippen LogP contribution in [0.15, 0.2) is 24.3 Å². The molecule has 1 atom stereocenters. The van der Waals surface area contributed by atoms with E-state index in [1.54, 1.807) is 29.2 Å². The molecule has 1 aromatic rings. The minimum Gasteiger partial charge on any atom is -0.378 e. The summed E-state index contributed by atoms with van der Waals surface area (Å²) in [6.45, 7) is 6.07. The van der Waals surface area contributed by atoms with Crippen LogP contribution >= 0.6 is 11.6 Å². The highest BCUT2D eigenvalue weighted by molar-refractivity contribution is 6.30. The predicted molar refractivity (Wildman–Crippen MR) is 84.9 cm³/mol. The summed E-state index contributed by atoms with van der Waals surface area (Å²) in [6, 6.07) is 6.07. The lowest BCUT2D eigenvalue weighted by Gasteiger charge is -2.32. The molecule has 22 heavy (non-hydrogen) atoms. The molecule has 1 fully saturated rings. The summed E-state index contributed by atoms with van der Waals surface area (Å²) in [5.41, 5.74) is 0.491. The van der Waals surface area contributed by atoms with Crippen LogP contribution in [-0.2, 0) is 9.53 Å². The van der Waals surface area contributed by atoms with Crippen molar-refractivity contribution in [2.75, 3.05) is 26.3 Å². The maximum atomic E-state index is 12.6. The minimum atomic E-state index is -0.540. The predicted octanol–water partition coefficient (Wildman–Crippen LogP) is 1.95. The van der Waals surface area contributed by atoms with E-state index in [1.807, 2.05) is 13.8 Å². The summed E-state index contributed by atoms with van der Waals surface area (Å²) < 4.78 is 5.26. The van der Waals surface area contributed by atoms with Gasteiger partial charge in [0.25, 0.3) is 5.91 Å². The molecule has 5 nitrogen and oxygen atoms in total. The summed E-state index contributed by atoms with van der Waals surface area (Å²) in [5, 5.41) is 3.41. The number of hydrogen-bond acceptors (Lipinski definition) is 3. The molecule has 2 amide bonds. The van der Waals surface area contributed by atoms with E-state index in [1.165, 1.54) is 0 Å². The van der Waals surface area contributed by atoms with Gasteiger partial charge >= 0.3 is 0 Å². The Morgan fingerprint density at radius 1 is 1.18 bits per heavy atom. The van der Waals surface area contributed by atoms with Gasteiger partial charge in [-0.3, -0.25) is 9.59 Å². The van der Waals surface area contributed by atoms with E-state index < -0.39 is 6.04 Å². The second kappa shape index (κ2) is 7.61. The summed E-state index contributed by atoms with van der Waals surface area (Å²) in [5.74, 6) is -0.316. The zero-order valence-electron chi connectivity index (χ0n) is 12.8. The van der Waals surface area contributed by atoms with Crippen LogP contribution in [0.1, 0.15) is 24.2 Å². The van der Waals surface area contributed by atoms with E-state index in [-0.39, 0.29) is 17.7 Å². The number of ether oxygens (including phenoxy) is 1. The molecule has 120 valence electrons. The van der Waals surface area contributed by atoms with Gasteiger partial charge in [0.05, 0.1) is 13.2 Å².